The van der Waals surface area contributed by atoms with Crippen molar-refractivity contribution in [2.75, 3.05) is 51.1 Å². The monoisotopic (exact) mass is 440 g/mol. The number of para-hydroxylation sites is 1. The number of benzene rings is 1. The Morgan fingerprint density at radius 3 is 2.19 bits per heavy atom. The summed E-state index contributed by atoms with van der Waals surface area (Å²) < 4.78 is 39.3. The van der Waals surface area contributed by atoms with Gasteiger partial charge in [0, 0.05) is 39.3 Å². The highest BCUT2D eigenvalue weighted by Crippen LogP contribution is 2.34. The molecular weight excluding hydrogens is 409 g/mol. The molecule has 1 N–H and O–H groups in total. The standard InChI is InChI=1S/C22H31F3N4O2/c1-17(21(31)29-10-6-2-3-7-11-29)28-14-12-27(13-15-28)16-20(30)26-19-9-5-4-8-18(19)22(23,24)25/h4-5,8-9,17H,2-3,6-7,10-16H2,1H3,(H,26,30). The first-order valence-corrected chi connectivity index (χ1v) is 11.0. The average molecular weight is 441 g/mol. The maximum Gasteiger partial charge on any atom is 0.418 e. The van der Waals surface area contributed by atoms with Crippen LogP contribution in [0, 0.1) is 0 Å². The quantitative estimate of drug-likeness (QED) is 0.765. The Bertz CT molecular complexity index is 755. The van der Waals surface area contributed by atoms with E-state index < -0.39 is 17.6 Å². The van der Waals surface area contributed by atoms with Crippen molar-refractivity contribution in [3.8, 4) is 0 Å². The van der Waals surface area contributed by atoms with Crippen molar-refractivity contribution in [2.24, 2.45) is 0 Å². The molecule has 2 saturated heterocycles. The van der Waals surface area contributed by atoms with Gasteiger partial charge in [-0.15, -0.1) is 0 Å². The van der Waals surface area contributed by atoms with Crippen molar-refractivity contribution in [1.29, 1.82) is 0 Å². The molecule has 1 unspecified atom stereocenters. The Morgan fingerprint density at radius 1 is 0.968 bits per heavy atom. The van der Waals surface area contributed by atoms with Gasteiger partial charge >= 0.3 is 6.18 Å². The molecule has 2 amide bonds. The van der Waals surface area contributed by atoms with Crippen molar-refractivity contribution in [2.45, 2.75) is 44.8 Å². The fourth-order valence-corrected chi connectivity index (χ4v) is 4.25. The summed E-state index contributed by atoms with van der Waals surface area (Å²) in [7, 11) is 0. The van der Waals surface area contributed by atoms with Crippen LogP contribution in [0.25, 0.3) is 0 Å². The molecule has 9 heteroatoms. The van der Waals surface area contributed by atoms with Crippen molar-refractivity contribution in [3.63, 3.8) is 0 Å². The summed E-state index contributed by atoms with van der Waals surface area (Å²) in [6, 6.07) is 4.78. The zero-order valence-electron chi connectivity index (χ0n) is 18.0. The number of hydrogen-bond donors (Lipinski definition) is 1. The summed E-state index contributed by atoms with van der Waals surface area (Å²) in [6.07, 6.45) is -0.0676. The Morgan fingerprint density at radius 2 is 1.58 bits per heavy atom. The zero-order chi connectivity index (χ0) is 22.4. The zero-order valence-corrected chi connectivity index (χ0v) is 18.0. The third-order valence-electron chi connectivity index (χ3n) is 6.10. The van der Waals surface area contributed by atoms with Gasteiger partial charge in [-0.3, -0.25) is 19.4 Å². The van der Waals surface area contributed by atoms with E-state index >= 15 is 0 Å². The second kappa shape index (κ2) is 10.5. The number of nitrogens with one attached hydrogen (secondary N) is 1. The van der Waals surface area contributed by atoms with Gasteiger partial charge in [0.1, 0.15) is 0 Å². The van der Waals surface area contributed by atoms with Gasteiger partial charge in [0.25, 0.3) is 0 Å². The molecular formula is C22H31F3N4O2. The van der Waals surface area contributed by atoms with Crippen molar-refractivity contribution < 1.29 is 22.8 Å². The van der Waals surface area contributed by atoms with Gasteiger partial charge in [0.15, 0.2) is 0 Å². The van der Waals surface area contributed by atoms with E-state index in [2.05, 4.69) is 10.2 Å². The SMILES string of the molecule is CC(C(=O)N1CCCCCC1)N1CCN(CC(=O)Nc2ccccc2C(F)(F)F)CC1. The number of rotatable bonds is 5. The minimum Gasteiger partial charge on any atom is -0.341 e. The van der Waals surface area contributed by atoms with Crippen LogP contribution in [0.3, 0.4) is 0 Å². The molecule has 0 saturated carbocycles. The predicted octanol–water partition coefficient (Wildman–Crippen LogP) is 3.05. The highest BCUT2D eigenvalue weighted by molar-refractivity contribution is 5.93. The smallest absolute Gasteiger partial charge is 0.341 e. The molecule has 3 rings (SSSR count). The van der Waals surface area contributed by atoms with Crippen LogP contribution in [0.15, 0.2) is 24.3 Å². The van der Waals surface area contributed by atoms with E-state index in [1.807, 2.05) is 16.7 Å². The number of carbonyl (C=O) groups is 2. The first-order chi connectivity index (χ1) is 14.8. The second-order valence-corrected chi connectivity index (χ2v) is 8.32. The molecule has 0 spiro atoms. The number of nitrogens with zero attached hydrogens (tertiary/aromatic N) is 3. The van der Waals surface area contributed by atoms with Crippen LogP contribution in [0.4, 0.5) is 18.9 Å². The molecule has 0 aromatic heterocycles. The first-order valence-electron chi connectivity index (χ1n) is 11.0. The number of piperazine rings is 1. The number of anilines is 1. The van der Waals surface area contributed by atoms with Crippen molar-refractivity contribution in [3.05, 3.63) is 29.8 Å². The van der Waals surface area contributed by atoms with Crippen LogP contribution < -0.4 is 5.32 Å². The Hall–Kier alpha value is -2.13. The fourth-order valence-electron chi connectivity index (χ4n) is 4.25. The molecule has 2 aliphatic rings. The summed E-state index contributed by atoms with van der Waals surface area (Å²) in [5.41, 5.74) is -1.08. The largest absolute Gasteiger partial charge is 0.418 e. The van der Waals surface area contributed by atoms with E-state index in [1.165, 1.54) is 31.0 Å². The molecule has 1 aromatic carbocycles. The summed E-state index contributed by atoms with van der Waals surface area (Å²) in [4.78, 5) is 31.2. The van der Waals surface area contributed by atoms with Gasteiger partial charge in [-0.2, -0.15) is 13.2 Å². The van der Waals surface area contributed by atoms with Gasteiger partial charge < -0.3 is 10.2 Å². The average Bonchev–Trinajstić information content (AvgIpc) is 3.02. The molecule has 0 radical (unpaired) electrons. The topological polar surface area (TPSA) is 55.9 Å². The van der Waals surface area contributed by atoms with Crippen LogP contribution >= 0.6 is 0 Å². The number of alkyl halides is 3. The minimum atomic E-state index is -4.52. The van der Waals surface area contributed by atoms with E-state index in [1.54, 1.807) is 0 Å². The predicted molar refractivity (Wildman–Crippen MR) is 113 cm³/mol. The van der Waals surface area contributed by atoms with Crippen LogP contribution in [0.1, 0.15) is 38.2 Å². The van der Waals surface area contributed by atoms with Gasteiger partial charge in [-0.1, -0.05) is 25.0 Å². The van der Waals surface area contributed by atoms with Crippen molar-refractivity contribution in [1.82, 2.24) is 14.7 Å². The third kappa shape index (κ3) is 6.43. The Kier molecular flexibility index (Phi) is 7.94. The number of carbonyl (C=O) groups excluding carboxylic acids is 2. The van der Waals surface area contributed by atoms with Crippen molar-refractivity contribution >= 4 is 17.5 Å². The fraction of sp³-hybridized carbons (Fsp3) is 0.636. The van der Waals surface area contributed by atoms with Gasteiger partial charge in [0.2, 0.25) is 11.8 Å². The lowest BCUT2D eigenvalue weighted by atomic mass is 10.1. The molecule has 2 heterocycles. The number of amides is 2. The normalized spacial score (nSPS) is 20.2. The molecule has 6 nitrogen and oxygen atoms in total. The first kappa shape index (κ1) is 23.5. The highest BCUT2D eigenvalue weighted by atomic mass is 19.4. The van der Waals surface area contributed by atoms with Gasteiger partial charge in [-0.25, -0.2) is 0 Å². The molecule has 1 aromatic rings. The minimum absolute atomic E-state index is 0.0223. The summed E-state index contributed by atoms with van der Waals surface area (Å²) in [5.74, 6) is -0.310. The van der Waals surface area contributed by atoms with E-state index in [9.17, 15) is 22.8 Å². The summed E-state index contributed by atoms with van der Waals surface area (Å²) in [6.45, 7) is 6.07. The summed E-state index contributed by atoms with van der Waals surface area (Å²) >= 11 is 0. The molecule has 2 fully saturated rings. The molecule has 0 bridgehead atoms. The van der Waals surface area contributed by atoms with Crippen LogP contribution in [-0.2, 0) is 15.8 Å². The number of hydrogen-bond acceptors (Lipinski definition) is 4. The number of likely N-dealkylation sites (tertiary alicyclic amines) is 1. The van der Waals surface area contributed by atoms with E-state index in [-0.39, 0.29) is 24.2 Å². The van der Waals surface area contributed by atoms with Crippen LogP contribution in [0.5, 0.6) is 0 Å². The second-order valence-electron chi connectivity index (χ2n) is 8.32. The lowest BCUT2D eigenvalue weighted by Gasteiger charge is -2.38. The molecule has 2 aliphatic heterocycles. The van der Waals surface area contributed by atoms with Crippen LogP contribution in [-0.4, -0.2) is 78.4 Å². The lowest BCUT2D eigenvalue weighted by molar-refractivity contribution is -0.138. The molecule has 1 atom stereocenters. The Labute approximate surface area is 181 Å². The van der Waals surface area contributed by atoms with Gasteiger partial charge in [0.05, 0.1) is 23.8 Å². The summed E-state index contributed by atoms with van der Waals surface area (Å²) in [5, 5.41) is 2.39. The third-order valence-corrected chi connectivity index (χ3v) is 6.10. The van der Waals surface area contributed by atoms with E-state index in [4.69, 9.17) is 0 Å². The highest BCUT2D eigenvalue weighted by Gasteiger charge is 2.34. The number of halogens is 3. The van der Waals surface area contributed by atoms with E-state index in [0.717, 1.165) is 32.0 Å². The molecule has 31 heavy (non-hydrogen) atoms. The van der Waals surface area contributed by atoms with Gasteiger partial charge in [-0.05, 0) is 31.9 Å². The maximum atomic E-state index is 13.1. The Balaban J connectivity index is 1.48. The van der Waals surface area contributed by atoms with Crippen LogP contribution in [0.2, 0.25) is 0 Å². The lowest BCUT2D eigenvalue weighted by Crippen LogP contribution is -2.55. The molecule has 172 valence electrons. The maximum absolute atomic E-state index is 13.1. The molecule has 0 aliphatic carbocycles. The van der Waals surface area contributed by atoms with E-state index in [0.29, 0.717) is 26.2 Å².